The van der Waals surface area contributed by atoms with E-state index < -0.39 is 0 Å². The molecule has 0 N–H and O–H groups in total. The Morgan fingerprint density at radius 3 is 2.90 bits per heavy atom. The molecule has 0 aromatic carbocycles. The third-order valence-electron chi connectivity index (χ3n) is 4.52. The van der Waals surface area contributed by atoms with Gasteiger partial charge in [0.2, 0.25) is 5.91 Å². The second-order valence-corrected chi connectivity index (χ2v) is 6.97. The highest BCUT2D eigenvalue weighted by molar-refractivity contribution is 7.08. The van der Waals surface area contributed by atoms with E-state index in [0.29, 0.717) is 5.92 Å². The van der Waals surface area contributed by atoms with Crippen molar-refractivity contribution >= 4 is 23.3 Å². The SMILES string of the molecule is O=C(/C=C\c1ccsc1)N1CC[C@@H](CN2CCCCC2)C1. The predicted molar refractivity (Wildman–Crippen MR) is 88.3 cm³/mol. The number of piperidine rings is 1. The minimum Gasteiger partial charge on any atom is -0.339 e. The summed E-state index contributed by atoms with van der Waals surface area (Å²) in [5.41, 5.74) is 1.12. The Hall–Kier alpha value is -1.13. The number of amides is 1. The van der Waals surface area contributed by atoms with E-state index in [1.807, 2.05) is 22.4 Å². The first-order valence-corrected chi connectivity index (χ1v) is 8.97. The molecule has 2 aliphatic rings. The van der Waals surface area contributed by atoms with Gasteiger partial charge in [-0.05, 0) is 66.7 Å². The Labute approximate surface area is 131 Å². The molecular formula is C17H24N2OS. The van der Waals surface area contributed by atoms with Gasteiger partial charge in [0.1, 0.15) is 0 Å². The highest BCUT2D eigenvalue weighted by atomic mass is 32.1. The average Bonchev–Trinajstić information content (AvgIpc) is 3.17. The van der Waals surface area contributed by atoms with Crippen LogP contribution in [0.3, 0.4) is 0 Å². The molecule has 1 atom stereocenters. The molecule has 21 heavy (non-hydrogen) atoms. The van der Waals surface area contributed by atoms with Gasteiger partial charge in [0.15, 0.2) is 0 Å². The van der Waals surface area contributed by atoms with Crippen molar-refractivity contribution in [2.45, 2.75) is 25.7 Å². The summed E-state index contributed by atoms with van der Waals surface area (Å²) in [7, 11) is 0. The number of thiophene rings is 1. The van der Waals surface area contributed by atoms with Gasteiger partial charge in [-0.25, -0.2) is 0 Å². The van der Waals surface area contributed by atoms with Crippen LogP contribution in [0.5, 0.6) is 0 Å². The van der Waals surface area contributed by atoms with Gasteiger partial charge < -0.3 is 9.80 Å². The molecule has 114 valence electrons. The molecule has 0 unspecified atom stereocenters. The summed E-state index contributed by atoms with van der Waals surface area (Å²) < 4.78 is 0. The van der Waals surface area contributed by atoms with Crippen LogP contribution < -0.4 is 0 Å². The summed E-state index contributed by atoms with van der Waals surface area (Å²) in [6.07, 6.45) is 8.90. The molecule has 1 aromatic heterocycles. The van der Waals surface area contributed by atoms with Crippen molar-refractivity contribution < 1.29 is 4.79 Å². The van der Waals surface area contributed by atoms with Crippen LogP contribution in [0.4, 0.5) is 0 Å². The van der Waals surface area contributed by atoms with E-state index in [0.717, 1.165) is 25.1 Å². The van der Waals surface area contributed by atoms with Crippen LogP contribution >= 0.6 is 11.3 Å². The zero-order valence-electron chi connectivity index (χ0n) is 12.5. The van der Waals surface area contributed by atoms with Crippen LogP contribution in [0, 0.1) is 5.92 Å². The molecule has 0 aliphatic carbocycles. The zero-order valence-corrected chi connectivity index (χ0v) is 13.4. The molecule has 4 heteroatoms. The largest absolute Gasteiger partial charge is 0.339 e. The Balaban J connectivity index is 1.46. The monoisotopic (exact) mass is 304 g/mol. The molecule has 0 bridgehead atoms. The van der Waals surface area contributed by atoms with Crippen molar-refractivity contribution in [2.24, 2.45) is 5.92 Å². The highest BCUT2D eigenvalue weighted by Gasteiger charge is 2.26. The fraction of sp³-hybridized carbons (Fsp3) is 0.588. The normalized spacial score (nSPS) is 24.0. The molecule has 2 fully saturated rings. The summed E-state index contributed by atoms with van der Waals surface area (Å²) in [6.45, 7) is 5.54. The van der Waals surface area contributed by atoms with Crippen LogP contribution in [0.2, 0.25) is 0 Å². The summed E-state index contributed by atoms with van der Waals surface area (Å²) in [6, 6.07) is 2.04. The fourth-order valence-electron chi connectivity index (χ4n) is 3.33. The maximum Gasteiger partial charge on any atom is 0.246 e. The fourth-order valence-corrected chi connectivity index (χ4v) is 3.96. The van der Waals surface area contributed by atoms with E-state index in [1.165, 1.54) is 38.9 Å². The second-order valence-electron chi connectivity index (χ2n) is 6.19. The summed E-state index contributed by atoms with van der Waals surface area (Å²) in [5.74, 6) is 0.837. The zero-order chi connectivity index (χ0) is 14.5. The van der Waals surface area contributed by atoms with Gasteiger partial charge in [0.25, 0.3) is 0 Å². The van der Waals surface area contributed by atoms with Gasteiger partial charge >= 0.3 is 0 Å². The van der Waals surface area contributed by atoms with Gasteiger partial charge in [-0.3, -0.25) is 4.79 Å². The number of nitrogens with zero attached hydrogens (tertiary/aromatic N) is 2. The Morgan fingerprint density at radius 1 is 1.29 bits per heavy atom. The van der Waals surface area contributed by atoms with Crippen molar-refractivity contribution in [3.8, 4) is 0 Å². The van der Waals surface area contributed by atoms with Gasteiger partial charge in [-0.1, -0.05) is 6.42 Å². The molecule has 3 heterocycles. The maximum atomic E-state index is 12.2. The van der Waals surface area contributed by atoms with Crippen molar-refractivity contribution in [3.05, 3.63) is 28.5 Å². The summed E-state index contributed by atoms with van der Waals surface area (Å²) >= 11 is 1.66. The van der Waals surface area contributed by atoms with E-state index in [2.05, 4.69) is 10.3 Å². The standard InChI is InChI=1S/C17H24N2OS/c20-17(5-4-15-7-11-21-14-15)19-10-6-16(13-19)12-18-8-2-1-3-9-18/h4-5,7,11,14,16H,1-3,6,8-10,12-13H2/b5-4-/t16-/m0/s1. The van der Waals surface area contributed by atoms with Gasteiger partial charge in [0.05, 0.1) is 0 Å². The highest BCUT2D eigenvalue weighted by Crippen LogP contribution is 2.20. The maximum absolute atomic E-state index is 12.2. The molecule has 2 saturated heterocycles. The first-order valence-electron chi connectivity index (χ1n) is 8.03. The van der Waals surface area contributed by atoms with E-state index in [-0.39, 0.29) is 5.91 Å². The third-order valence-corrected chi connectivity index (χ3v) is 5.23. The van der Waals surface area contributed by atoms with E-state index in [1.54, 1.807) is 17.4 Å². The number of carbonyl (C=O) groups is 1. The van der Waals surface area contributed by atoms with Crippen LogP contribution in [0.1, 0.15) is 31.2 Å². The van der Waals surface area contributed by atoms with Gasteiger partial charge in [-0.15, -0.1) is 0 Å². The van der Waals surface area contributed by atoms with Crippen molar-refractivity contribution in [1.29, 1.82) is 0 Å². The molecular weight excluding hydrogens is 280 g/mol. The van der Waals surface area contributed by atoms with E-state index in [9.17, 15) is 4.79 Å². The second kappa shape index (κ2) is 7.23. The van der Waals surface area contributed by atoms with Gasteiger partial charge in [0, 0.05) is 25.7 Å². The lowest BCUT2D eigenvalue weighted by Gasteiger charge is -2.28. The van der Waals surface area contributed by atoms with Crippen molar-refractivity contribution in [1.82, 2.24) is 9.80 Å². The first kappa shape index (κ1) is 14.8. The van der Waals surface area contributed by atoms with Crippen LogP contribution in [0.25, 0.3) is 6.08 Å². The summed E-state index contributed by atoms with van der Waals surface area (Å²) in [5, 5.41) is 4.10. The van der Waals surface area contributed by atoms with Crippen molar-refractivity contribution in [2.75, 3.05) is 32.7 Å². The number of hydrogen-bond donors (Lipinski definition) is 0. The van der Waals surface area contributed by atoms with Crippen LogP contribution in [-0.2, 0) is 4.79 Å². The number of carbonyl (C=O) groups excluding carboxylic acids is 1. The van der Waals surface area contributed by atoms with Crippen LogP contribution in [0.15, 0.2) is 22.9 Å². The van der Waals surface area contributed by atoms with E-state index >= 15 is 0 Å². The molecule has 2 aliphatic heterocycles. The minimum absolute atomic E-state index is 0.169. The van der Waals surface area contributed by atoms with Crippen LogP contribution in [-0.4, -0.2) is 48.4 Å². The predicted octanol–water partition coefficient (Wildman–Crippen LogP) is 3.10. The van der Waals surface area contributed by atoms with Crippen molar-refractivity contribution in [3.63, 3.8) is 0 Å². The molecule has 1 aromatic rings. The number of hydrogen-bond acceptors (Lipinski definition) is 3. The Kier molecular flexibility index (Phi) is 5.09. The molecule has 0 spiro atoms. The lowest BCUT2D eigenvalue weighted by molar-refractivity contribution is -0.125. The minimum atomic E-state index is 0.169. The Morgan fingerprint density at radius 2 is 2.14 bits per heavy atom. The molecule has 3 nitrogen and oxygen atoms in total. The topological polar surface area (TPSA) is 23.6 Å². The lowest BCUT2D eigenvalue weighted by Crippen LogP contribution is -2.35. The molecule has 1 amide bonds. The quantitative estimate of drug-likeness (QED) is 0.798. The summed E-state index contributed by atoms with van der Waals surface area (Å²) in [4.78, 5) is 16.8. The molecule has 0 radical (unpaired) electrons. The van der Waals surface area contributed by atoms with Gasteiger partial charge in [-0.2, -0.15) is 11.3 Å². The smallest absolute Gasteiger partial charge is 0.246 e. The number of rotatable bonds is 4. The molecule has 3 rings (SSSR count). The van der Waals surface area contributed by atoms with E-state index in [4.69, 9.17) is 0 Å². The Bertz CT molecular complexity index is 477. The first-order chi connectivity index (χ1) is 10.3. The molecule has 0 saturated carbocycles. The lowest BCUT2D eigenvalue weighted by atomic mass is 10.1. The average molecular weight is 304 g/mol. The third kappa shape index (κ3) is 4.17. The number of likely N-dealkylation sites (tertiary alicyclic amines) is 2.